The van der Waals surface area contributed by atoms with Gasteiger partial charge in [-0.1, -0.05) is 0 Å². The third-order valence-electron chi connectivity index (χ3n) is 9.97. The van der Waals surface area contributed by atoms with E-state index in [4.69, 9.17) is 19.4 Å². The van der Waals surface area contributed by atoms with Gasteiger partial charge in [0, 0.05) is 89.3 Å². The highest BCUT2D eigenvalue weighted by Crippen LogP contribution is 2.52. The van der Waals surface area contributed by atoms with E-state index in [2.05, 4.69) is 34.2 Å². The minimum absolute atomic E-state index is 0.105. The zero-order chi connectivity index (χ0) is 32.6. The Kier molecular flexibility index (Phi) is 9.34. The Labute approximate surface area is 275 Å². The molecule has 4 heterocycles. The predicted molar refractivity (Wildman–Crippen MR) is 182 cm³/mol. The number of aromatic amines is 1. The fourth-order valence-electron chi connectivity index (χ4n) is 7.13. The molecule has 2 N–H and O–H groups in total. The van der Waals surface area contributed by atoms with E-state index in [1.807, 2.05) is 51.6 Å². The van der Waals surface area contributed by atoms with Crippen LogP contribution in [0.5, 0.6) is 11.5 Å². The number of hydrogen-bond acceptors (Lipinski definition) is 9. The van der Waals surface area contributed by atoms with Crippen LogP contribution in [0, 0.1) is 19.8 Å². The van der Waals surface area contributed by atoms with Crippen molar-refractivity contribution in [1.82, 2.24) is 25.2 Å². The summed E-state index contributed by atoms with van der Waals surface area (Å²) in [4.78, 5) is 44.3. The molecule has 0 spiro atoms. The third kappa shape index (κ3) is 6.36. The highest BCUT2D eigenvalue weighted by atomic mass is 32.2. The number of carbonyl (C=O) groups is 1. The fraction of sp³-hybridized carbons (Fsp3) is 0.543. The van der Waals surface area contributed by atoms with Gasteiger partial charge in [0.2, 0.25) is 5.95 Å². The van der Waals surface area contributed by atoms with Crippen molar-refractivity contribution in [3.63, 3.8) is 0 Å². The van der Waals surface area contributed by atoms with Gasteiger partial charge in [-0.3, -0.25) is 9.59 Å². The lowest BCUT2D eigenvalue weighted by Gasteiger charge is -2.39. The lowest BCUT2D eigenvalue weighted by Crippen LogP contribution is -2.46. The summed E-state index contributed by atoms with van der Waals surface area (Å²) < 4.78 is 13.5. The quantitative estimate of drug-likeness (QED) is 0.298. The van der Waals surface area contributed by atoms with Crippen LogP contribution in [0.3, 0.4) is 0 Å². The van der Waals surface area contributed by atoms with Crippen molar-refractivity contribution < 1.29 is 14.3 Å². The number of rotatable bonds is 8. The first-order valence-corrected chi connectivity index (χ1v) is 17.6. The SMILES string of the molecule is CSc1cc(C)[nH]c(=O)c1CNC(=O)c1cc(-c2cnc(N3CCCCC3)nc2)c2c(c1C)OC(C)([C@H]1CC[C@H](N(C)C)CC1)O2. The zero-order valence-corrected chi connectivity index (χ0v) is 28.7. The van der Waals surface area contributed by atoms with Crippen molar-refractivity contribution in [1.29, 1.82) is 0 Å². The largest absolute Gasteiger partial charge is 0.448 e. The number of fused-ring (bicyclic) bond motifs is 1. The second-order valence-electron chi connectivity index (χ2n) is 13.3. The Morgan fingerprint density at radius 1 is 1.07 bits per heavy atom. The number of pyridine rings is 1. The number of piperidine rings is 1. The number of H-pyrrole nitrogens is 1. The summed E-state index contributed by atoms with van der Waals surface area (Å²) in [6, 6.07) is 4.34. The molecule has 1 saturated heterocycles. The number of nitrogens with one attached hydrogen (secondary N) is 2. The maximum absolute atomic E-state index is 13.9. The molecule has 1 aliphatic carbocycles. The molecule has 0 bridgehead atoms. The zero-order valence-electron chi connectivity index (χ0n) is 27.9. The van der Waals surface area contributed by atoms with E-state index >= 15 is 0 Å². The first-order chi connectivity index (χ1) is 22.1. The summed E-state index contributed by atoms with van der Waals surface area (Å²) in [6.45, 7) is 7.80. The average Bonchev–Trinajstić information content (AvgIpc) is 3.43. The van der Waals surface area contributed by atoms with Crippen molar-refractivity contribution in [2.75, 3.05) is 38.3 Å². The Morgan fingerprint density at radius 2 is 1.74 bits per heavy atom. The van der Waals surface area contributed by atoms with Gasteiger partial charge in [0.05, 0.1) is 0 Å². The molecule has 3 aliphatic rings. The molecule has 46 heavy (non-hydrogen) atoms. The minimum atomic E-state index is -0.856. The third-order valence-corrected chi connectivity index (χ3v) is 10.8. The maximum atomic E-state index is 13.9. The number of ether oxygens (including phenoxy) is 2. The molecule has 1 aromatic carbocycles. The predicted octanol–water partition coefficient (Wildman–Crippen LogP) is 5.70. The van der Waals surface area contributed by atoms with E-state index < -0.39 is 5.79 Å². The average molecular weight is 647 g/mol. The Balaban J connectivity index is 1.33. The second kappa shape index (κ2) is 13.3. The summed E-state index contributed by atoms with van der Waals surface area (Å²) in [5, 5.41) is 3.00. The highest BCUT2D eigenvalue weighted by Gasteiger charge is 2.47. The van der Waals surface area contributed by atoms with Crippen LogP contribution < -0.4 is 25.2 Å². The van der Waals surface area contributed by atoms with Gasteiger partial charge in [0.25, 0.3) is 17.3 Å². The summed E-state index contributed by atoms with van der Waals surface area (Å²) >= 11 is 1.49. The molecule has 1 amide bonds. The Hall–Kier alpha value is -3.57. The fourth-order valence-corrected chi connectivity index (χ4v) is 7.84. The van der Waals surface area contributed by atoms with E-state index in [9.17, 15) is 9.59 Å². The smallest absolute Gasteiger partial charge is 0.254 e. The van der Waals surface area contributed by atoms with Crippen molar-refractivity contribution in [3.8, 4) is 22.6 Å². The molecule has 2 aromatic heterocycles. The van der Waals surface area contributed by atoms with Crippen LogP contribution in [-0.4, -0.2) is 71.0 Å². The molecular weight excluding hydrogens is 600 g/mol. The van der Waals surface area contributed by atoms with Gasteiger partial charge in [0.1, 0.15) is 0 Å². The van der Waals surface area contributed by atoms with E-state index in [0.717, 1.165) is 79.3 Å². The molecule has 1 atom stereocenters. The van der Waals surface area contributed by atoms with E-state index in [0.29, 0.717) is 34.2 Å². The number of carbonyl (C=O) groups excluding carboxylic acids is 1. The summed E-state index contributed by atoms with van der Waals surface area (Å²) in [5.41, 5.74) is 3.77. The van der Waals surface area contributed by atoms with Crippen LogP contribution in [0.1, 0.15) is 79.0 Å². The van der Waals surface area contributed by atoms with Crippen molar-refractivity contribution in [3.05, 3.63) is 57.3 Å². The van der Waals surface area contributed by atoms with E-state index in [-0.39, 0.29) is 23.9 Å². The first-order valence-electron chi connectivity index (χ1n) is 16.4. The molecular formula is C35H46N6O4S. The summed E-state index contributed by atoms with van der Waals surface area (Å²) in [6.07, 6.45) is 13.2. The van der Waals surface area contributed by atoms with Crippen LogP contribution in [0.4, 0.5) is 5.95 Å². The molecule has 3 aromatic rings. The molecule has 1 unspecified atom stereocenters. The van der Waals surface area contributed by atoms with Crippen molar-refractivity contribution in [2.24, 2.45) is 5.92 Å². The molecule has 2 aliphatic heterocycles. The first kappa shape index (κ1) is 32.4. The van der Waals surface area contributed by atoms with Gasteiger partial charge in [-0.15, -0.1) is 11.8 Å². The van der Waals surface area contributed by atoms with Gasteiger partial charge in [-0.05, 0) is 91.3 Å². The lowest BCUT2D eigenvalue weighted by molar-refractivity contribution is -0.123. The number of hydrogen-bond donors (Lipinski definition) is 2. The highest BCUT2D eigenvalue weighted by molar-refractivity contribution is 7.98. The summed E-state index contributed by atoms with van der Waals surface area (Å²) in [5.74, 6) is 0.987. The molecule has 6 rings (SSSR count). The number of aryl methyl sites for hydroxylation is 1. The molecule has 2 fully saturated rings. The number of anilines is 1. The van der Waals surface area contributed by atoms with E-state index in [1.54, 1.807) is 0 Å². The minimum Gasteiger partial charge on any atom is -0.448 e. The lowest BCUT2D eigenvalue weighted by atomic mass is 9.81. The van der Waals surface area contributed by atoms with Crippen LogP contribution in [-0.2, 0) is 6.54 Å². The second-order valence-corrected chi connectivity index (χ2v) is 14.1. The summed E-state index contributed by atoms with van der Waals surface area (Å²) in [7, 11) is 4.28. The molecule has 11 heteroatoms. The Bertz CT molecular complexity index is 1640. The van der Waals surface area contributed by atoms with Gasteiger partial charge < -0.3 is 29.6 Å². The molecule has 0 radical (unpaired) electrons. The van der Waals surface area contributed by atoms with Crippen LogP contribution >= 0.6 is 11.8 Å². The van der Waals surface area contributed by atoms with Crippen LogP contribution in [0.25, 0.3) is 11.1 Å². The number of thioether (sulfide) groups is 1. The topological polar surface area (TPSA) is 113 Å². The van der Waals surface area contributed by atoms with Gasteiger partial charge in [0.15, 0.2) is 11.5 Å². The van der Waals surface area contributed by atoms with Gasteiger partial charge >= 0.3 is 0 Å². The molecule has 10 nitrogen and oxygen atoms in total. The Morgan fingerprint density at radius 3 is 2.39 bits per heavy atom. The van der Waals surface area contributed by atoms with Crippen molar-refractivity contribution in [2.45, 2.75) is 89.0 Å². The standard InChI is InChI=1S/C35H46N6O4S/c1-21-16-29(46-6)28(33(43)39-21)20-36-32(42)26-17-27(23-18-37-34(38-19-23)41-14-8-7-9-15-41)31-30(22(26)2)44-35(3,45-31)24-10-12-25(13-11-24)40(4)5/h16-19,24-25H,7-15,20H2,1-6H3,(H,36,42)(H,39,43)/t24-,25-,35?. The number of aromatic nitrogens is 3. The molecule has 1 saturated carbocycles. The normalized spacial score (nSPS) is 22.7. The van der Waals surface area contributed by atoms with Crippen molar-refractivity contribution >= 4 is 23.6 Å². The maximum Gasteiger partial charge on any atom is 0.254 e. The van der Waals surface area contributed by atoms with Crippen LogP contribution in [0.2, 0.25) is 0 Å². The number of benzene rings is 1. The number of nitrogens with zero attached hydrogens (tertiary/aromatic N) is 4. The monoisotopic (exact) mass is 646 g/mol. The van der Waals surface area contributed by atoms with Crippen LogP contribution in [0.15, 0.2) is 34.2 Å². The van der Waals surface area contributed by atoms with Gasteiger partial charge in [-0.2, -0.15) is 0 Å². The van der Waals surface area contributed by atoms with E-state index in [1.165, 1.54) is 18.2 Å². The molecule has 246 valence electrons. The van der Waals surface area contributed by atoms with Gasteiger partial charge in [-0.25, -0.2) is 9.97 Å². The number of amides is 1.